The Bertz CT molecular complexity index is 809. The maximum atomic E-state index is 12.4. The Balaban J connectivity index is 1.70. The number of anilines is 1. The van der Waals surface area contributed by atoms with Crippen LogP contribution in [0.25, 0.3) is 6.08 Å². The molecule has 3 rings (SSSR count). The van der Waals surface area contributed by atoms with Crippen molar-refractivity contribution in [3.8, 4) is 11.5 Å². The molecule has 0 aromatic heterocycles. The first-order chi connectivity index (χ1) is 12.1. The molecule has 0 spiro atoms. The Morgan fingerprint density at radius 3 is 2.44 bits per heavy atom. The highest BCUT2D eigenvalue weighted by atomic mass is 16.5. The molecule has 0 radical (unpaired) electrons. The first kappa shape index (κ1) is 16.8. The molecule has 5 nitrogen and oxygen atoms in total. The fraction of sp³-hybridized carbons (Fsp3) is 0.200. The summed E-state index contributed by atoms with van der Waals surface area (Å²) in [7, 11) is 0. The lowest BCUT2D eigenvalue weighted by atomic mass is 10.1. The van der Waals surface area contributed by atoms with Crippen molar-refractivity contribution in [2.75, 3.05) is 18.5 Å². The van der Waals surface area contributed by atoms with Gasteiger partial charge in [-0.15, -0.1) is 0 Å². The predicted octanol–water partition coefficient (Wildman–Crippen LogP) is 3.70. The van der Waals surface area contributed by atoms with Crippen LogP contribution in [-0.2, 0) is 4.79 Å². The molecule has 0 bridgehead atoms. The number of ketones is 1. The lowest BCUT2D eigenvalue weighted by molar-refractivity contribution is -0.114. The van der Waals surface area contributed by atoms with Gasteiger partial charge in [-0.1, -0.05) is 18.2 Å². The lowest BCUT2D eigenvalue weighted by Crippen LogP contribution is -2.05. The molecule has 128 valence electrons. The van der Waals surface area contributed by atoms with E-state index in [0.29, 0.717) is 30.3 Å². The van der Waals surface area contributed by atoms with E-state index in [0.717, 1.165) is 17.7 Å². The fourth-order valence-electron chi connectivity index (χ4n) is 2.47. The van der Waals surface area contributed by atoms with Gasteiger partial charge in [-0.05, 0) is 42.0 Å². The minimum Gasteiger partial charge on any atom is -0.490 e. The lowest BCUT2D eigenvalue weighted by Gasteiger charge is -2.07. The third-order valence-corrected chi connectivity index (χ3v) is 3.69. The van der Waals surface area contributed by atoms with E-state index < -0.39 is 0 Å². The van der Waals surface area contributed by atoms with Crippen molar-refractivity contribution in [1.82, 2.24) is 0 Å². The molecular formula is C20H19NO4. The van der Waals surface area contributed by atoms with E-state index in [-0.39, 0.29) is 11.7 Å². The molecule has 1 amide bonds. The molecule has 0 fully saturated rings. The number of allylic oxidation sites excluding steroid dienone is 1. The number of amides is 1. The SMILES string of the molecule is CC(=O)Nc1ccc(C=CC(=O)c2ccc3c(c2)OCCCO3)cc1. The second kappa shape index (κ2) is 7.66. The predicted molar refractivity (Wildman–Crippen MR) is 96.2 cm³/mol. The highest BCUT2D eigenvalue weighted by Crippen LogP contribution is 2.30. The molecule has 0 saturated heterocycles. The van der Waals surface area contributed by atoms with Gasteiger partial charge in [-0.25, -0.2) is 0 Å². The summed E-state index contributed by atoms with van der Waals surface area (Å²) < 4.78 is 11.2. The first-order valence-electron chi connectivity index (χ1n) is 8.11. The molecule has 1 N–H and O–H groups in total. The van der Waals surface area contributed by atoms with Crippen LogP contribution in [0.15, 0.2) is 48.5 Å². The molecule has 1 aliphatic heterocycles. The third-order valence-electron chi connectivity index (χ3n) is 3.69. The van der Waals surface area contributed by atoms with Gasteiger partial charge >= 0.3 is 0 Å². The highest BCUT2D eigenvalue weighted by molar-refractivity contribution is 6.07. The van der Waals surface area contributed by atoms with Crippen molar-refractivity contribution in [2.24, 2.45) is 0 Å². The zero-order valence-corrected chi connectivity index (χ0v) is 14.0. The van der Waals surface area contributed by atoms with Gasteiger partial charge in [0.15, 0.2) is 17.3 Å². The Hall–Kier alpha value is -3.08. The number of carbonyl (C=O) groups excluding carboxylic acids is 2. The Labute approximate surface area is 146 Å². The standard InChI is InChI=1S/C20H19NO4/c1-14(22)21-17-7-3-15(4-8-17)5-9-18(23)16-6-10-19-20(13-16)25-12-2-11-24-19/h3-10,13H,2,11-12H2,1H3,(H,21,22). The molecule has 25 heavy (non-hydrogen) atoms. The van der Waals surface area contributed by atoms with Crippen LogP contribution in [0.1, 0.15) is 29.3 Å². The number of fused-ring (bicyclic) bond motifs is 1. The van der Waals surface area contributed by atoms with Gasteiger partial charge in [0.25, 0.3) is 0 Å². The zero-order valence-electron chi connectivity index (χ0n) is 14.0. The van der Waals surface area contributed by atoms with Crippen LogP contribution in [-0.4, -0.2) is 24.9 Å². The smallest absolute Gasteiger partial charge is 0.221 e. The van der Waals surface area contributed by atoms with E-state index >= 15 is 0 Å². The van der Waals surface area contributed by atoms with Crippen LogP contribution >= 0.6 is 0 Å². The van der Waals surface area contributed by atoms with Crippen molar-refractivity contribution in [3.05, 3.63) is 59.7 Å². The molecule has 1 aliphatic rings. The summed E-state index contributed by atoms with van der Waals surface area (Å²) in [5.41, 5.74) is 2.14. The maximum Gasteiger partial charge on any atom is 0.221 e. The molecule has 5 heteroatoms. The van der Waals surface area contributed by atoms with Gasteiger partial charge < -0.3 is 14.8 Å². The number of nitrogens with one attached hydrogen (secondary N) is 1. The summed E-state index contributed by atoms with van der Waals surface area (Å²) in [6, 6.07) is 12.5. The Morgan fingerprint density at radius 2 is 1.72 bits per heavy atom. The summed E-state index contributed by atoms with van der Waals surface area (Å²) in [4.78, 5) is 23.4. The average Bonchev–Trinajstić information content (AvgIpc) is 2.85. The van der Waals surface area contributed by atoms with E-state index in [9.17, 15) is 9.59 Å². The topological polar surface area (TPSA) is 64.6 Å². The minimum absolute atomic E-state index is 0.110. The molecule has 1 heterocycles. The number of rotatable bonds is 4. The van der Waals surface area contributed by atoms with Crippen molar-refractivity contribution in [1.29, 1.82) is 0 Å². The Kier molecular flexibility index (Phi) is 5.14. The van der Waals surface area contributed by atoms with Crippen molar-refractivity contribution < 1.29 is 19.1 Å². The van der Waals surface area contributed by atoms with Crippen LogP contribution in [0.2, 0.25) is 0 Å². The molecule has 0 unspecified atom stereocenters. The fourth-order valence-corrected chi connectivity index (χ4v) is 2.47. The maximum absolute atomic E-state index is 12.4. The van der Waals surface area contributed by atoms with Gasteiger partial charge in [0.1, 0.15) is 0 Å². The summed E-state index contributed by atoms with van der Waals surface area (Å²) >= 11 is 0. The van der Waals surface area contributed by atoms with Crippen molar-refractivity contribution >= 4 is 23.5 Å². The largest absolute Gasteiger partial charge is 0.490 e. The average molecular weight is 337 g/mol. The number of ether oxygens (including phenoxy) is 2. The molecule has 0 saturated carbocycles. The molecule has 0 aliphatic carbocycles. The molecular weight excluding hydrogens is 318 g/mol. The number of hydrogen-bond acceptors (Lipinski definition) is 4. The van der Waals surface area contributed by atoms with Crippen LogP contribution < -0.4 is 14.8 Å². The van der Waals surface area contributed by atoms with E-state index in [2.05, 4.69) is 5.32 Å². The van der Waals surface area contributed by atoms with Crippen molar-refractivity contribution in [3.63, 3.8) is 0 Å². The van der Waals surface area contributed by atoms with Gasteiger partial charge in [-0.2, -0.15) is 0 Å². The number of benzene rings is 2. The van der Waals surface area contributed by atoms with Crippen LogP contribution in [0.5, 0.6) is 11.5 Å². The minimum atomic E-state index is -0.118. The Morgan fingerprint density at radius 1 is 1.00 bits per heavy atom. The van der Waals surface area contributed by atoms with E-state index in [1.54, 1.807) is 36.4 Å². The monoisotopic (exact) mass is 337 g/mol. The quantitative estimate of drug-likeness (QED) is 0.682. The molecule has 0 atom stereocenters. The first-order valence-corrected chi connectivity index (χ1v) is 8.11. The van der Waals surface area contributed by atoms with E-state index in [4.69, 9.17) is 9.47 Å². The zero-order chi connectivity index (χ0) is 17.6. The number of hydrogen-bond donors (Lipinski definition) is 1. The summed E-state index contributed by atoms with van der Waals surface area (Å²) in [5.74, 6) is 1.05. The summed E-state index contributed by atoms with van der Waals surface area (Å²) in [5, 5.41) is 2.70. The summed E-state index contributed by atoms with van der Waals surface area (Å²) in [6.07, 6.45) is 4.09. The van der Waals surface area contributed by atoms with Gasteiger partial charge in [0.05, 0.1) is 13.2 Å². The van der Waals surface area contributed by atoms with Crippen LogP contribution in [0.4, 0.5) is 5.69 Å². The van der Waals surface area contributed by atoms with Gasteiger partial charge in [0, 0.05) is 24.6 Å². The second-order valence-electron chi connectivity index (χ2n) is 5.71. The second-order valence-corrected chi connectivity index (χ2v) is 5.71. The van der Waals surface area contributed by atoms with Gasteiger partial charge in [-0.3, -0.25) is 9.59 Å². The highest BCUT2D eigenvalue weighted by Gasteiger charge is 2.12. The van der Waals surface area contributed by atoms with E-state index in [1.807, 2.05) is 12.1 Å². The van der Waals surface area contributed by atoms with Crippen LogP contribution in [0.3, 0.4) is 0 Å². The van der Waals surface area contributed by atoms with E-state index in [1.165, 1.54) is 13.0 Å². The third kappa shape index (κ3) is 4.47. The van der Waals surface area contributed by atoms with Crippen LogP contribution in [0, 0.1) is 0 Å². The van der Waals surface area contributed by atoms with Gasteiger partial charge in [0.2, 0.25) is 5.91 Å². The van der Waals surface area contributed by atoms with Crippen molar-refractivity contribution in [2.45, 2.75) is 13.3 Å². The molecule has 2 aromatic rings. The normalized spacial score (nSPS) is 13.3. The molecule has 2 aromatic carbocycles. The summed E-state index contributed by atoms with van der Waals surface area (Å²) in [6.45, 7) is 2.66. The number of carbonyl (C=O) groups is 2.